The number of aliphatic hydroxyl groups is 1. The Balaban J connectivity index is 2.77. The van der Waals surface area contributed by atoms with Gasteiger partial charge in [0.05, 0.1) is 6.61 Å². The number of aliphatic hydroxyl groups excluding tert-OH is 1. The third-order valence-corrected chi connectivity index (χ3v) is 3.14. The van der Waals surface area contributed by atoms with E-state index in [1.54, 1.807) is 17.4 Å². The van der Waals surface area contributed by atoms with Crippen LogP contribution in [0.4, 0.5) is 0 Å². The molecule has 1 heterocycles. The van der Waals surface area contributed by atoms with Gasteiger partial charge in [0.25, 0.3) is 0 Å². The number of phenols is 1. The van der Waals surface area contributed by atoms with E-state index in [-0.39, 0.29) is 6.61 Å². The molecule has 0 fully saturated rings. The van der Waals surface area contributed by atoms with Crippen molar-refractivity contribution in [1.29, 1.82) is 0 Å². The van der Waals surface area contributed by atoms with E-state index >= 15 is 0 Å². The van der Waals surface area contributed by atoms with E-state index in [0.717, 1.165) is 21.2 Å². The lowest BCUT2D eigenvalue weighted by Gasteiger charge is -1.99. The molecule has 0 unspecified atom stereocenters. The van der Waals surface area contributed by atoms with Crippen LogP contribution in [-0.4, -0.2) is 10.2 Å². The van der Waals surface area contributed by atoms with Crippen molar-refractivity contribution < 1.29 is 10.2 Å². The Morgan fingerprint density at radius 2 is 2.15 bits per heavy atom. The maximum Gasteiger partial charge on any atom is 0.119 e. The maximum absolute atomic E-state index is 9.44. The van der Waals surface area contributed by atoms with Crippen molar-refractivity contribution in [3.8, 4) is 5.75 Å². The van der Waals surface area contributed by atoms with E-state index in [1.807, 2.05) is 18.4 Å². The van der Waals surface area contributed by atoms with Gasteiger partial charge >= 0.3 is 0 Å². The summed E-state index contributed by atoms with van der Waals surface area (Å²) in [5.41, 5.74) is 1.78. The second-order valence-electron chi connectivity index (χ2n) is 3.05. The molecule has 68 valence electrons. The fourth-order valence-electron chi connectivity index (χ4n) is 1.35. The molecular weight excluding hydrogens is 184 g/mol. The molecule has 0 spiro atoms. The lowest BCUT2D eigenvalue weighted by Crippen LogP contribution is -1.80. The number of aryl methyl sites for hydroxylation is 1. The zero-order valence-electron chi connectivity index (χ0n) is 7.24. The van der Waals surface area contributed by atoms with Crippen molar-refractivity contribution in [1.82, 2.24) is 0 Å². The lowest BCUT2D eigenvalue weighted by molar-refractivity contribution is 0.284. The molecule has 0 aliphatic heterocycles. The summed E-state index contributed by atoms with van der Waals surface area (Å²) in [6.45, 7) is 1.91. The lowest BCUT2D eigenvalue weighted by atomic mass is 10.1. The van der Waals surface area contributed by atoms with E-state index in [0.29, 0.717) is 5.75 Å². The Bertz CT molecular complexity index is 445. The van der Waals surface area contributed by atoms with Crippen LogP contribution in [0, 0.1) is 6.92 Å². The van der Waals surface area contributed by atoms with Gasteiger partial charge in [-0.15, -0.1) is 11.3 Å². The fraction of sp³-hybridized carbons (Fsp3) is 0.200. The van der Waals surface area contributed by atoms with Gasteiger partial charge in [-0.1, -0.05) is 0 Å². The Labute approximate surface area is 80.1 Å². The third-order valence-electron chi connectivity index (χ3n) is 2.14. The SMILES string of the molecule is Cc1cc2c(CO)csc2cc1O. The molecule has 0 aliphatic carbocycles. The van der Waals surface area contributed by atoms with Crippen LogP contribution in [0.3, 0.4) is 0 Å². The second kappa shape index (κ2) is 3.01. The van der Waals surface area contributed by atoms with Gasteiger partial charge in [0, 0.05) is 4.70 Å². The molecule has 1 aromatic heterocycles. The highest BCUT2D eigenvalue weighted by Gasteiger charge is 2.05. The molecule has 0 saturated heterocycles. The van der Waals surface area contributed by atoms with E-state index in [1.165, 1.54) is 0 Å². The van der Waals surface area contributed by atoms with Crippen LogP contribution in [0.25, 0.3) is 10.1 Å². The molecule has 0 radical (unpaired) electrons. The van der Waals surface area contributed by atoms with Gasteiger partial charge in [-0.3, -0.25) is 0 Å². The third kappa shape index (κ3) is 1.30. The molecule has 0 atom stereocenters. The van der Waals surface area contributed by atoms with Gasteiger partial charge in [-0.25, -0.2) is 0 Å². The van der Waals surface area contributed by atoms with Gasteiger partial charge in [-0.2, -0.15) is 0 Å². The molecule has 2 rings (SSSR count). The Morgan fingerprint density at radius 3 is 2.85 bits per heavy atom. The van der Waals surface area contributed by atoms with Crippen LogP contribution in [0.2, 0.25) is 0 Å². The standard InChI is InChI=1S/C10H10O2S/c1-6-2-8-7(4-11)5-13-10(8)3-9(6)12/h2-3,5,11-12H,4H2,1H3. The molecule has 3 heteroatoms. The highest BCUT2D eigenvalue weighted by molar-refractivity contribution is 7.17. The van der Waals surface area contributed by atoms with Crippen LogP contribution in [0.15, 0.2) is 17.5 Å². The first-order chi connectivity index (χ1) is 6.22. The highest BCUT2D eigenvalue weighted by atomic mass is 32.1. The monoisotopic (exact) mass is 194 g/mol. The van der Waals surface area contributed by atoms with E-state index in [4.69, 9.17) is 5.11 Å². The number of phenolic OH excluding ortho intramolecular Hbond substituents is 1. The van der Waals surface area contributed by atoms with Crippen LogP contribution >= 0.6 is 11.3 Å². The minimum Gasteiger partial charge on any atom is -0.508 e. The van der Waals surface area contributed by atoms with Crippen LogP contribution in [0.1, 0.15) is 11.1 Å². The fourth-order valence-corrected chi connectivity index (χ4v) is 2.31. The molecule has 2 aromatic rings. The molecule has 0 amide bonds. The minimum absolute atomic E-state index is 0.0597. The second-order valence-corrected chi connectivity index (χ2v) is 3.97. The molecule has 0 bridgehead atoms. The summed E-state index contributed by atoms with van der Waals surface area (Å²) in [6, 6.07) is 3.65. The minimum atomic E-state index is 0.0597. The van der Waals surface area contributed by atoms with Crippen molar-refractivity contribution in [2.24, 2.45) is 0 Å². The Kier molecular flexibility index (Phi) is 1.98. The number of benzene rings is 1. The predicted molar refractivity (Wildman–Crippen MR) is 54.1 cm³/mol. The zero-order valence-corrected chi connectivity index (χ0v) is 8.06. The summed E-state index contributed by atoms with van der Waals surface area (Å²) in [7, 11) is 0. The summed E-state index contributed by atoms with van der Waals surface area (Å²) in [5.74, 6) is 0.318. The average Bonchev–Trinajstić information content (AvgIpc) is 2.48. The topological polar surface area (TPSA) is 40.5 Å². The van der Waals surface area contributed by atoms with Gasteiger partial charge < -0.3 is 10.2 Å². The van der Waals surface area contributed by atoms with E-state index in [9.17, 15) is 5.11 Å². The molecule has 2 N–H and O–H groups in total. The summed E-state index contributed by atoms with van der Waals surface area (Å²) in [5, 5.41) is 21.4. The predicted octanol–water partition coefficient (Wildman–Crippen LogP) is 2.41. The first kappa shape index (κ1) is 8.53. The quantitative estimate of drug-likeness (QED) is 0.731. The van der Waals surface area contributed by atoms with Crippen molar-refractivity contribution in [2.75, 3.05) is 0 Å². The van der Waals surface area contributed by atoms with Crippen LogP contribution < -0.4 is 0 Å². The normalized spacial score (nSPS) is 10.9. The molecule has 0 aliphatic rings. The smallest absolute Gasteiger partial charge is 0.119 e. The molecular formula is C10H10O2S. The summed E-state index contributed by atoms with van der Waals surface area (Å²) < 4.78 is 1.02. The van der Waals surface area contributed by atoms with Crippen molar-refractivity contribution in [2.45, 2.75) is 13.5 Å². The van der Waals surface area contributed by atoms with Crippen molar-refractivity contribution in [3.05, 3.63) is 28.6 Å². The average molecular weight is 194 g/mol. The summed E-state index contributed by atoms with van der Waals surface area (Å²) in [4.78, 5) is 0. The first-order valence-corrected chi connectivity index (χ1v) is 4.91. The molecule has 1 aromatic carbocycles. The van der Waals surface area contributed by atoms with Gasteiger partial charge in [0.1, 0.15) is 5.75 Å². The molecule has 0 saturated carbocycles. The first-order valence-electron chi connectivity index (χ1n) is 4.03. The number of hydrogen-bond acceptors (Lipinski definition) is 3. The maximum atomic E-state index is 9.44. The number of rotatable bonds is 1. The zero-order chi connectivity index (χ0) is 9.42. The Morgan fingerprint density at radius 1 is 1.38 bits per heavy atom. The van der Waals surface area contributed by atoms with E-state index < -0.39 is 0 Å². The molecule has 13 heavy (non-hydrogen) atoms. The largest absolute Gasteiger partial charge is 0.508 e. The van der Waals surface area contributed by atoms with Crippen molar-refractivity contribution >= 4 is 21.4 Å². The van der Waals surface area contributed by atoms with E-state index in [2.05, 4.69) is 0 Å². The summed E-state index contributed by atoms with van der Waals surface area (Å²) >= 11 is 1.54. The number of thiophene rings is 1. The number of aromatic hydroxyl groups is 1. The number of fused-ring (bicyclic) bond motifs is 1. The summed E-state index contributed by atoms with van der Waals surface area (Å²) in [6.07, 6.45) is 0. The van der Waals surface area contributed by atoms with Gasteiger partial charge in [0.2, 0.25) is 0 Å². The van der Waals surface area contributed by atoms with Gasteiger partial charge in [-0.05, 0) is 40.9 Å². The Hall–Kier alpha value is -1.06. The highest BCUT2D eigenvalue weighted by Crippen LogP contribution is 2.31. The van der Waals surface area contributed by atoms with Crippen LogP contribution in [-0.2, 0) is 6.61 Å². The molecule has 2 nitrogen and oxygen atoms in total. The number of hydrogen-bond donors (Lipinski definition) is 2. The van der Waals surface area contributed by atoms with Crippen molar-refractivity contribution in [3.63, 3.8) is 0 Å². The van der Waals surface area contributed by atoms with Gasteiger partial charge in [0.15, 0.2) is 0 Å². The van der Waals surface area contributed by atoms with Crippen LogP contribution in [0.5, 0.6) is 5.75 Å².